The van der Waals surface area contributed by atoms with Crippen LogP contribution < -0.4 is 15.1 Å². The minimum absolute atomic E-state index is 0.247. The fourth-order valence-electron chi connectivity index (χ4n) is 6.01. The van der Waals surface area contributed by atoms with Crippen LogP contribution in [0.4, 0.5) is 0 Å². The Morgan fingerprint density at radius 1 is 0.762 bits per heavy atom. The van der Waals surface area contributed by atoms with Gasteiger partial charge in [0.25, 0.3) is 0 Å². The summed E-state index contributed by atoms with van der Waals surface area (Å²) >= 11 is 1.89. The highest BCUT2D eigenvalue weighted by Gasteiger charge is 2.24. The lowest BCUT2D eigenvalue weighted by molar-refractivity contribution is 0.672. The summed E-state index contributed by atoms with van der Waals surface area (Å²) in [5, 5.41) is 6.34. The maximum absolute atomic E-state index is 5.14. The maximum atomic E-state index is 5.14. The first kappa shape index (κ1) is 24.8. The van der Waals surface area contributed by atoms with Crippen molar-refractivity contribution >= 4 is 45.2 Å². The summed E-state index contributed by atoms with van der Waals surface area (Å²) in [6.45, 7) is 0. The number of aromatic nitrogens is 1. The van der Waals surface area contributed by atoms with Crippen LogP contribution in [0.2, 0.25) is 0 Å². The highest BCUT2D eigenvalue weighted by molar-refractivity contribution is 7.17. The molecule has 0 spiro atoms. The number of nitrogens with one attached hydrogen (secondary N) is 2. The molecule has 6 aromatic rings. The first-order chi connectivity index (χ1) is 20.8. The van der Waals surface area contributed by atoms with E-state index < -0.39 is 0 Å². The largest absolute Gasteiger partial charge is 0.361 e. The third kappa shape index (κ3) is 4.48. The molecular formula is C37H28N4S. The molecule has 2 aliphatic rings. The number of fused-ring (bicyclic) bond motifs is 3. The van der Waals surface area contributed by atoms with Crippen LogP contribution in [0.1, 0.15) is 40.8 Å². The van der Waals surface area contributed by atoms with Crippen molar-refractivity contribution in [3.05, 3.63) is 153 Å². The molecule has 42 heavy (non-hydrogen) atoms. The monoisotopic (exact) mass is 560 g/mol. The number of rotatable bonds is 5. The van der Waals surface area contributed by atoms with Gasteiger partial charge in [-0.1, -0.05) is 109 Å². The number of nitrogens with zero attached hydrogens (tertiary/aromatic N) is 2. The zero-order chi connectivity index (χ0) is 27.9. The van der Waals surface area contributed by atoms with Crippen molar-refractivity contribution in [2.24, 2.45) is 9.98 Å². The van der Waals surface area contributed by atoms with Crippen LogP contribution >= 0.6 is 11.3 Å². The number of aliphatic imine (C=N–C) groups is 2. The van der Waals surface area contributed by atoms with E-state index in [2.05, 4.69) is 101 Å². The molecular weight excluding hydrogens is 533 g/mol. The first-order valence-corrected chi connectivity index (χ1v) is 15.1. The molecule has 4 aromatic carbocycles. The zero-order valence-electron chi connectivity index (χ0n) is 22.9. The fourth-order valence-corrected chi connectivity index (χ4v) is 7.15. The molecule has 2 aromatic heterocycles. The summed E-state index contributed by atoms with van der Waals surface area (Å²) in [5.41, 5.74) is 6.82. The summed E-state index contributed by atoms with van der Waals surface area (Å²) in [5.74, 6) is 1.81. The summed E-state index contributed by atoms with van der Waals surface area (Å²) in [7, 11) is 0. The lowest BCUT2D eigenvalue weighted by Crippen LogP contribution is -2.33. The van der Waals surface area contributed by atoms with Crippen LogP contribution in [0.15, 0.2) is 131 Å². The van der Waals surface area contributed by atoms with Crippen molar-refractivity contribution in [1.82, 2.24) is 10.3 Å². The van der Waals surface area contributed by atoms with Gasteiger partial charge in [-0.3, -0.25) is 0 Å². The summed E-state index contributed by atoms with van der Waals surface area (Å²) < 4.78 is 2.72. The lowest BCUT2D eigenvalue weighted by atomic mass is 9.86. The van der Waals surface area contributed by atoms with Crippen LogP contribution in [0.25, 0.3) is 33.5 Å². The molecule has 1 aliphatic carbocycles. The highest BCUT2D eigenvalue weighted by Crippen LogP contribution is 2.36. The van der Waals surface area contributed by atoms with Crippen molar-refractivity contribution in [1.29, 1.82) is 0 Å². The summed E-state index contributed by atoms with van der Waals surface area (Å²) in [4.78, 5) is 13.5. The highest BCUT2D eigenvalue weighted by atomic mass is 32.1. The van der Waals surface area contributed by atoms with E-state index in [1.54, 1.807) is 0 Å². The predicted octanol–water partition coefficient (Wildman–Crippen LogP) is 7.14. The number of hydrogen-bond donors (Lipinski definition) is 2. The number of aromatic amines is 1. The molecule has 202 valence electrons. The lowest BCUT2D eigenvalue weighted by Gasteiger charge is -2.25. The number of thiophene rings is 1. The Morgan fingerprint density at radius 3 is 2.36 bits per heavy atom. The molecule has 0 radical (unpaired) electrons. The predicted molar refractivity (Wildman–Crippen MR) is 175 cm³/mol. The Bertz CT molecular complexity index is 2090. The Labute approximate surface area is 248 Å². The van der Waals surface area contributed by atoms with Gasteiger partial charge in [0.2, 0.25) is 0 Å². The number of benzene rings is 4. The van der Waals surface area contributed by atoms with E-state index in [1.165, 1.54) is 31.0 Å². The molecule has 0 amide bonds. The molecule has 2 N–H and O–H groups in total. The second-order valence-electron chi connectivity index (χ2n) is 10.7. The van der Waals surface area contributed by atoms with Crippen molar-refractivity contribution in [2.45, 2.75) is 18.5 Å². The molecule has 5 heteroatoms. The van der Waals surface area contributed by atoms with Crippen molar-refractivity contribution < 1.29 is 0 Å². The third-order valence-electron chi connectivity index (χ3n) is 8.09. The van der Waals surface area contributed by atoms with Crippen molar-refractivity contribution in [3.8, 4) is 11.3 Å². The van der Waals surface area contributed by atoms with E-state index in [4.69, 9.17) is 9.98 Å². The molecule has 3 heterocycles. The molecule has 0 saturated heterocycles. The Morgan fingerprint density at radius 2 is 1.55 bits per heavy atom. The number of amidine groups is 2. The number of hydrogen-bond acceptors (Lipinski definition) is 4. The first-order valence-electron chi connectivity index (χ1n) is 14.3. The van der Waals surface area contributed by atoms with Crippen molar-refractivity contribution in [2.75, 3.05) is 0 Å². The van der Waals surface area contributed by atoms with Gasteiger partial charge in [0, 0.05) is 43.7 Å². The minimum atomic E-state index is -0.269. The van der Waals surface area contributed by atoms with E-state index in [1.807, 2.05) is 53.9 Å². The van der Waals surface area contributed by atoms with E-state index in [-0.39, 0.29) is 12.1 Å². The Hall–Kier alpha value is -5.00. The number of H-pyrrole nitrogens is 1. The summed E-state index contributed by atoms with van der Waals surface area (Å²) in [6, 6.07) is 40.3. The van der Waals surface area contributed by atoms with Gasteiger partial charge in [0.05, 0.1) is 0 Å². The Balaban J connectivity index is 1.26. The van der Waals surface area contributed by atoms with Gasteiger partial charge in [-0.25, -0.2) is 9.98 Å². The Kier molecular flexibility index (Phi) is 6.16. The van der Waals surface area contributed by atoms with E-state index >= 15 is 0 Å². The summed E-state index contributed by atoms with van der Waals surface area (Å²) in [6.07, 6.45) is 7.58. The molecule has 0 fully saturated rings. The molecule has 8 rings (SSSR count). The molecule has 0 bridgehead atoms. The van der Waals surface area contributed by atoms with Gasteiger partial charge < -0.3 is 10.3 Å². The molecule has 2 atom stereocenters. The fraction of sp³-hybridized carbons (Fsp3) is 0.0811. The van der Waals surface area contributed by atoms with Gasteiger partial charge in [-0.15, -0.1) is 11.3 Å². The van der Waals surface area contributed by atoms with Crippen molar-refractivity contribution in [3.63, 3.8) is 0 Å². The SMILES string of the molecule is C1=c2sc3ccccc3c2=CC(c2cc(C3N=C(c4ccccc4)N=C(c4ccccc4)N3)ccc2-c2ccc[nH]2)C1. The van der Waals surface area contributed by atoms with Gasteiger partial charge in [-0.2, -0.15) is 0 Å². The molecule has 1 aliphatic heterocycles. The average molecular weight is 561 g/mol. The van der Waals surface area contributed by atoms with Crippen LogP contribution in [0.3, 0.4) is 0 Å². The topological polar surface area (TPSA) is 52.5 Å². The minimum Gasteiger partial charge on any atom is -0.361 e. The van der Waals surface area contributed by atoms with E-state index in [9.17, 15) is 0 Å². The molecule has 4 nitrogen and oxygen atoms in total. The van der Waals surface area contributed by atoms with Gasteiger partial charge in [-0.05, 0) is 46.4 Å². The van der Waals surface area contributed by atoms with Crippen LogP contribution in [-0.4, -0.2) is 16.7 Å². The molecule has 0 saturated carbocycles. The van der Waals surface area contributed by atoms with Crippen LogP contribution in [-0.2, 0) is 0 Å². The zero-order valence-corrected chi connectivity index (χ0v) is 23.7. The van der Waals surface area contributed by atoms with Gasteiger partial charge >= 0.3 is 0 Å². The third-order valence-corrected chi connectivity index (χ3v) is 9.27. The van der Waals surface area contributed by atoms with E-state index in [0.717, 1.165) is 40.5 Å². The van der Waals surface area contributed by atoms with Gasteiger partial charge in [0.1, 0.15) is 12.0 Å². The molecule has 2 unspecified atom stereocenters. The average Bonchev–Trinajstić information content (AvgIpc) is 3.73. The van der Waals surface area contributed by atoms with Gasteiger partial charge in [0.15, 0.2) is 5.84 Å². The second-order valence-corrected chi connectivity index (χ2v) is 11.8. The van der Waals surface area contributed by atoms with E-state index in [0.29, 0.717) is 0 Å². The smallest absolute Gasteiger partial charge is 0.159 e. The second kappa shape index (κ2) is 10.4. The standard InChI is InChI=1S/C37H28N4S/c1-3-10-24(11-4-1)35-39-36(25-12-5-2-6-13-25)41-37(40-35)27-17-19-28(32-15-9-21-38-32)30(23-27)26-18-20-34-31(22-26)29-14-7-8-16-33(29)42-34/h1-17,19-23,26,37-38H,18H2,(H,39,40,41). The maximum Gasteiger partial charge on any atom is 0.159 e. The van der Waals surface area contributed by atoms with Crippen LogP contribution in [0.5, 0.6) is 0 Å². The quantitative estimate of drug-likeness (QED) is 0.231. The normalized spacial score (nSPS) is 17.8. The van der Waals surface area contributed by atoms with Crippen LogP contribution in [0, 0.1) is 0 Å².